The molecule has 2 fully saturated rings. The van der Waals surface area contributed by atoms with Crippen LogP contribution in [0.5, 0.6) is 0 Å². The summed E-state index contributed by atoms with van der Waals surface area (Å²) >= 11 is 0. The van der Waals surface area contributed by atoms with Gasteiger partial charge in [0.25, 0.3) is 5.91 Å². The van der Waals surface area contributed by atoms with Crippen LogP contribution in [0.4, 0.5) is 4.79 Å². The zero-order valence-corrected chi connectivity index (χ0v) is 15.4. The Morgan fingerprint density at radius 3 is 2.48 bits per heavy atom. The maximum absolute atomic E-state index is 12.6. The number of hydrogen-bond donors (Lipinski definition) is 2. The maximum atomic E-state index is 12.6. The van der Waals surface area contributed by atoms with Gasteiger partial charge in [-0.2, -0.15) is 0 Å². The van der Waals surface area contributed by atoms with Gasteiger partial charge in [-0.05, 0) is 38.8 Å². The first-order valence-electron chi connectivity index (χ1n) is 9.63. The molecule has 25 heavy (non-hydrogen) atoms. The number of unbranched alkanes of at least 4 members (excludes halogenated alkanes) is 4. The number of nitrogens with zero attached hydrogens (tertiary/aromatic N) is 1. The predicted octanol–water partition coefficient (Wildman–Crippen LogP) is 2.51. The lowest BCUT2D eigenvalue weighted by atomic mass is 9.88. The van der Waals surface area contributed by atoms with E-state index >= 15 is 0 Å². The molecule has 3 amide bonds. The monoisotopic (exact) mass is 353 g/mol. The van der Waals surface area contributed by atoms with E-state index in [4.69, 9.17) is 4.84 Å². The van der Waals surface area contributed by atoms with Gasteiger partial charge in [0.05, 0.1) is 5.92 Å². The van der Waals surface area contributed by atoms with Gasteiger partial charge in [-0.1, -0.05) is 46.0 Å². The third-order valence-corrected chi connectivity index (χ3v) is 5.31. The molecule has 1 spiro atoms. The van der Waals surface area contributed by atoms with E-state index in [1.165, 1.54) is 19.3 Å². The molecule has 2 saturated heterocycles. The largest absolute Gasteiger partial charge is 0.358 e. The number of carbonyl (C=O) groups excluding carboxylic acids is 3. The van der Waals surface area contributed by atoms with E-state index in [0.717, 1.165) is 24.3 Å². The minimum Gasteiger partial charge on any atom is -0.335 e. The second-order valence-corrected chi connectivity index (χ2v) is 7.05. The van der Waals surface area contributed by atoms with Gasteiger partial charge in [0, 0.05) is 0 Å². The molecule has 0 aliphatic carbocycles. The third kappa shape index (κ3) is 4.51. The van der Waals surface area contributed by atoms with E-state index in [2.05, 4.69) is 17.6 Å². The molecule has 2 aliphatic heterocycles. The molecule has 0 aromatic heterocycles. The summed E-state index contributed by atoms with van der Waals surface area (Å²) in [5, 5.41) is 6.48. The highest BCUT2D eigenvalue weighted by atomic mass is 16.7. The summed E-state index contributed by atoms with van der Waals surface area (Å²) in [5.41, 5.74) is -1.04. The molecule has 7 nitrogen and oxygen atoms in total. The number of carbonyl (C=O) groups is 3. The zero-order chi connectivity index (χ0) is 18.3. The Morgan fingerprint density at radius 2 is 1.84 bits per heavy atom. The maximum Gasteiger partial charge on any atom is 0.358 e. The van der Waals surface area contributed by atoms with Crippen LogP contribution in [0.15, 0.2) is 0 Å². The summed E-state index contributed by atoms with van der Waals surface area (Å²) < 4.78 is 0. The number of hydrogen-bond acceptors (Lipinski definition) is 5. The molecule has 0 radical (unpaired) electrons. The van der Waals surface area contributed by atoms with Crippen molar-refractivity contribution in [3.05, 3.63) is 0 Å². The molecule has 0 saturated carbocycles. The van der Waals surface area contributed by atoms with Gasteiger partial charge in [0.2, 0.25) is 0 Å². The van der Waals surface area contributed by atoms with Gasteiger partial charge in [-0.25, -0.2) is 9.59 Å². The van der Waals surface area contributed by atoms with Crippen molar-refractivity contribution >= 4 is 17.9 Å². The summed E-state index contributed by atoms with van der Waals surface area (Å²) in [5.74, 6) is -0.996. The highest BCUT2D eigenvalue weighted by Gasteiger charge is 2.56. The van der Waals surface area contributed by atoms with Gasteiger partial charge in [0.1, 0.15) is 0 Å². The Balaban J connectivity index is 1.94. The first-order valence-corrected chi connectivity index (χ1v) is 9.63. The smallest absolute Gasteiger partial charge is 0.335 e. The van der Waals surface area contributed by atoms with E-state index < -0.39 is 17.5 Å². The molecule has 0 bridgehead atoms. The first kappa shape index (κ1) is 19.7. The molecule has 7 heteroatoms. The van der Waals surface area contributed by atoms with Crippen LogP contribution in [0.1, 0.15) is 71.6 Å². The van der Waals surface area contributed by atoms with Gasteiger partial charge >= 0.3 is 12.0 Å². The van der Waals surface area contributed by atoms with Crippen molar-refractivity contribution in [2.45, 2.75) is 77.2 Å². The summed E-state index contributed by atoms with van der Waals surface area (Å²) in [6.45, 7) is 5.35. The van der Waals surface area contributed by atoms with Gasteiger partial charge < -0.3 is 10.2 Å². The topological polar surface area (TPSA) is 87.7 Å². The summed E-state index contributed by atoms with van der Waals surface area (Å²) in [4.78, 5) is 42.4. The number of hydroxylamine groups is 2. The first-order chi connectivity index (χ1) is 12.0. The van der Waals surface area contributed by atoms with Crippen LogP contribution in [-0.4, -0.2) is 41.6 Å². The predicted molar refractivity (Wildman–Crippen MR) is 93.5 cm³/mol. The molecule has 1 unspecified atom stereocenters. The second kappa shape index (κ2) is 9.17. The van der Waals surface area contributed by atoms with Crippen molar-refractivity contribution in [3.63, 3.8) is 0 Å². The lowest BCUT2D eigenvalue weighted by Gasteiger charge is -2.36. The summed E-state index contributed by atoms with van der Waals surface area (Å²) in [7, 11) is 0. The van der Waals surface area contributed by atoms with E-state index in [9.17, 15) is 14.4 Å². The normalized spacial score (nSPS) is 20.6. The number of rotatable bonds is 9. The van der Waals surface area contributed by atoms with Gasteiger partial charge in [0.15, 0.2) is 5.54 Å². The van der Waals surface area contributed by atoms with E-state index in [-0.39, 0.29) is 11.8 Å². The minimum absolute atomic E-state index is 0.233. The van der Waals surface area contributed by atoms with Crippen molar-refractivity contribution in [1.29, 1.82) is 0 Å². The van der Waals surface area contributed by atoms with Crippen molar-refractivity contribution in [2.75, 3.05) is 13.1 Å². The highest BCUT2D eigenvalue weighted by molar-refractivity contribution is 6.06. The van der Waals surface area contributed by atoms with E-state index in [1.807, 2.05) is 6.92 Å². The molecule has 2 heterocycles. The van der Waals surface area contributed by atoms with Crippen molar-refractivity contribution < 1.29 is 19.2 Å². The highest BCUT2D eigenvalue weighted by Crippen LogP contribution is 2.32. The molecule has 142 valence electrons. The molecular formula is C18H31N3O4. The fourth-order valence-electron chi connectivity index (χ4n) is 3.60. The number of piperidine rings is 1. The molecule has 2 N–H and O–H groups in total. The Morgan fingerprint density at radius 1 is 1.16 bits per heavy atom. The van der Waals surface area contributed by atoms with Crippen LogP contribution in [-0.2, 0) is 14.4 Å². The third-order valence-electron chi connectivity index (χ3n) is 5.31. The Hall–Kier alpha value is -1.63. The second-order valence-electron chi connectivity index (χ2n) is 7.05. The fraction of sp³-hybridized carbons (Fsp3) is 0.833. The van der Waals surface area contributed by atoms with E-state index in [1.54, 1.807) is 0 Å². The lowest BCUT2D eigenvalue weighted by molar-refractivity contribution is -0.201. The number of imide groups is 1. The van der Waals surface area contributed by atoms with Crippen molar-refractivity contribution in [2.24, 2.45) is 5.92 Å². The molecule has 0 aromatic carbocycles. The molecule has 2 rings (SSSR count). The Bertz CT molecular complexity index is 489. The quantitative estimate of drug-likeness (QED) is 0.491. The van der Waals surface area contributed by atoms with Crippen LogP contribution in [0, 0.1) is 5.92 Å². The van der Waals surface area contributed by atoms with Crippen molar-refractivity contribution in [1.82, 2.24) is 15.7 Å². The van der Waals surface area contributed by atoms with Crippen LogP contribution < -0.4 is 10.6 Å². The van der Waals surface area contributed by atoms with Crippen LogP contribution in [0.3, 0.4) is 0 Å². The molecular weight excluding hydrogens is 322 g/mol. The SMILES string of the molecule is CCCCCCCC(CC)C(=O)ON1C(=O)NC(=O)C12CCNCC2. The van der Waals surface area contributed by atoms with E-state index in [0.29, 0.717) is 32.4 Å². The van der Waals surface area contributed by atoms with Crippen LogP contribution >= 0.6 is 0 Å². The summed E-state index contributed by atoms with van der Waals surface area (Å²) in [6, 6.07) is -0.627. The average molecular weight is 353 g/mol. The summed E-state index contributed by atoms with van der Waals surface area (Å²) in [6.07, 6.45) is 8.01. The Kier molecular flexibility index (Phi) is 7.23. The number of nitrogens with one attached hydrogen (secondary N) is 2. The van der Waals surface area contributed by atoms with Crippen molar-refractivity contribution in [3.8, 4) is 0 Å². The number of amides is 3. The van der Waals surface area contributed by atoms with Gasteiger partial charge in [-0.15, -0.1) is 5.06 Å². The molecule has 0 aromatic rings. The molecule has 2 aliphatic rings. The molecule has 1 atom stereocenters. The van der Waals surface area contributed by atoms with Crippen LogP contribution in [0.2, 0.25) is 0 Å². The standard InChI is InChI=1S/C18H31N3O4/c1-3-5-6-7-8-9-14(4-2)15(22)25-21-17(24)20-16(23)18(21)10-12-19-13-11-18/h14,19H,3-13H2,1-2H3,(H,20,23,24). The lowest BCUT2D eigenvalue weighted by Crippen LogP contribution is -2.56. The van der Waals surface area contributed by atoms with Gasteiger partial charge in [-0.3, -0.25) is 10.1 Å². The number of urea groups is 1. The fourth-order valence-corrected chi connectivity index (χ4v) is 3.60. The minimum atomic E-state index is -1.04. The average Bonchev–Trinajstić information content (AvgIpc) is 2.83. The Labute approximate surface area is 149 Å². The van der Waals surface area contributed by atoms with Crippen LogP contribution in [0.25, 0.3) is 0 Å². The zero-order valence-electron chi connectivity index (χ0n) is 15.4.